The normalized spacial score (nSPS) is 10.8. The fourth-order valence-electron chi connectivity index (χ4n) is 1.97. The molecule has 0 spiro atoms. The minimum absolute atomic E-state index is 0.0832. The van der Waals surface area contributed by atoms with Gasteiger partial charge in [-0.1, -0.05) is 5.21 Å². The Labute approximate surface area is 115 Å². The Hall–Kier alpha value is -2.70. The van der Waals surface area contributed by atoms with E-state index in [-0.39, 0.29) is 5.91 Å². The van der Waals surface area contributed by atoms with Gasteiger partial charge in [0.15, 0.2) is 0 Å². The van der Waals surface area contributed by atoms with Crippen molar-refractivity contribution in [2.45, 2.75) is 13.0 Å². The molecule has 0 atom stereocenters. The van der Waals surface area contributed by atoms with Crippen LogP contribution in [0.3, 0.4) is 0 Å². The second kappa shape index (κ2) is 5.52. The summed E-state index contributed by atoms with van der Waals surface area (Å²) in [5.74, 6) is -0.0832. The van der Waals surface area contributed by atoms with E-state index in [1.807, 2.05) is 6.07 Å². The highest BCUT2D eigenvalue weighted by atomic mass is 16.1. The second-order valence-electron chi connectivity index (χ2n) is 4.41. The smallest absolute Gasteiger partial charge is 0.251 e. The van der Waals surface area contributed by atoms with E-state index >= 15 is 0 Å². The van der Waals surface area contributed by atoms with Crippen molar-refractivity contribution in [2.24, 2.45) is 0 Å². The highest BCUT2D eigenvalue weighted by Crippen LogP contribution is 2.11. The summed E-state index contributed by atoms with van der Waals surface area (Å²) in [6.07, 6.45) is 5.86. The van der Waals surface area contributed by atoms with Gasteiger partial charge in [-0.3, -0.25) is 9.48 Å². The molecule has 3 rings (SSSR count). The van der Waals surface area contributed by atoms with Gasteiger partial charge in [-0.15, -0.1) is 5.10 Å². The molecule has 0 aliphatic carbocycles. The second-order valence-corrected chi connectivity index (χ2v) is 4.41. The standard InChI is InChI=1S/C13H14N6O/c20-13(14-4-1-6-19-7-5-17-18-19)10-2-3-11-12(8-10)16-9-15-11/h2-3,5,7-9H,1,4,6H2,(H,14,20)(H,15,16). The van der Waals surface area contributed by atoms with Gasteiger partial charge in [0.2, 0.25) is 0 Å². The molecular weight excluding hydrogens is 256 g/mol. The molecule has 2 N–H and O–H groups in total. The third-order valence-electron chi connectivity index (χ3n) is 3.00. The number of hydrogen-bond donors (Lipinski definition) is 2. The number of rotatable bonds is 5. The zero-order chi connectivity index (χ0) is 13.8. The van der Waals surface area contributed by atoms with E-state index < -0.39 is 0 Å². The van der Waals surface area contributed by atoms with Crippen molar-refractivity contribution in [3.05, 3.63) is 42.5 Å². The lowest BCUT2D eigenvalue weighted by molar-refractivity contribution is 0.0952. The van der Waals surface area contributed by atoms with E-state index in [2.05, 4.69) is 25.6 Å². The van der Waals surface area contributed by atoms with Crippen LogP contribution in [-0.2, 0) is 6.54 Å². The lowest BCUT2D eigenvalue weighted by Crippen LogP contribution is -2.25. The van der Waals surface area contributed by atoms with Crippen LogP contribution in [-0.4, -0.2) is 37.4 Å². The highest BCUT2D eigenvalue weighted by molar-refractivity contribution is 5.97. The van der Waals surface area contributed by atoms with Gasteiger partial charge in [0.25, 0.3) is 5.91 Å². The van der Waals surface area contributed by atoms with E-state index in [1.54, 1.807) is 35.5 Å². The molecule has 0 aliphatic rings. The number of aryl methyl sites for hydroxylation is 1. The van der Waals surface area contributed by atoms with Crippen LogP contribution in [0.15, 0.2) is 36.9 Å². The van der Waals surface area contributed by atoms with Crippen LogP contribution in [0.4, 0.5) is 0 Å². The van der Waals surface area contributed by atoms with Gasteiger partial charge in [-0.05, 0) is 24.6 Å². The van der Waals surface area contributed by atoms with E-state index in [4.69, 9.17) is 0 Å². The lowest BCUT2D eigenvalue weighted by Gasteiger charge is -2.05. The number of H-pyrrole nitrogens is 1. The number of nitrogens with one attached hydrogen (secondary N) is 2. The maximum atomic E-state index is 12.0. The quantitative estimate of drug-likeness (QED) is 0.676. The molecule has 0 bridgehead atoms. The molecule has 2 aromatic heterocycles. The zero-order valence-electron chi connectivity index (χ0n) is 10.8. The van der Waals surface area contributed by atoms with Crippen LogP contribution >= 0.6 is 0 Å². The average molecular weight is 270 g/mol. The first-order chi connectivity index (χ1) is 9.83. The van der Waals surface area contributed by atoms with Crippen LogP contribution in [0.1, 0.15) is 16.8 Å². The summed E-state index contributed by atoms with van der Waals surface area (Å²) in [6.45, 7) is 1.33. The molecule has 2 heterocycles. The summed E-state index contributed by atoms with van der Waals surface area (Å²) < 4.78 is 1.74. The maximum Gasteiger partial charge on any atom is 0.251 e. The molecule has 0 radical (unpaired) electrons. The Bertz CT molecular complexity index is 703. The van der Waals surface area contributed by atoms with Crippen LogP contribution in [0.25, 0.3) is 11.0 Å². The molecule has 1 aromatic carbocycles. The monoisotopic (exact) mass is 270 g/mol. The van der Waals surface area contributed by atoms with Crippen molar-refractivity contribution in [2.75, 3.05) is 6.54 Å². The highest BCUT2D eigenvalue weighted by Gasteiger charge is 2.06. The van der Waals surface area contributed by atoms with E-state index in [0.717, 1.165) is 24.0 Å². The molecule has 20 heavy (non-hydrogen) atoms. The lowest BCUT2D eigenvalue weighted by atomic mass is 10.2. The number of imidazole rings is 1. The van der Waals surface area contributed by atoms with Crippen molar-refractivity contribution >= 4 is 16.9 Å². The average Bonchev–Trinajstić information content (AvgIpc) is 3.13. The fraction of sp³-hybridized carbons (Fsp3) is 0.231. The first kappa shape index (κ1) is 12.3. The molecule has 0 fully saturated rings. The van der Waals surface area contributed by atoms with Crippen LogP contribution in [0.5, 0.6) is 0 Å². The number of aromatic nitrogens is 5. The molecule has 7 nitrogen and oxygen atoms in total. The number of hydrogen-bond acceptors (Lipinski definition) is 4. The van der Waals surface area contributed by atoms with E-state index in [1.165, 1.54) is 0 Å². The van der Waals surface area contributed by atoms with Crippen LogP contribution in [0.2, 0.25) is 0 Å². The summed E-state index contributed by atoms with van der Waals surface area (Å²) in [5.41, 5.74) is 2.34. The number of fused-ring (bicyclic) bond motifs is 1. The summed E-state index contributed by atoms with van der Waals surface area (Å²) in [7, 11) is 0. The molecule has 7 heteroatoms. The number of benzene rings is 1. The first-order valence-electron chi connectivity index (χ1n) is 6.38. The summed E-state index contributed by atoms with van der Waals surface area (Å²) in [6, 6.07) is 5.40. The Balaban J connectivity index is 1.53. The predicted octanol–water partition coefficient (Wildman–Crippen LogP) is 0.974. The number of amides is 1. The van der Waals surface area contributed by atoms with Gasteiger partial charge in [-0.25, -0.2) is 4.98 Å². The largest absolute Gasteiger partial charge is 0.352 e. The van der Waals surface area contributed by atoms with E-state index in [0.29, 0.717) is 12.1 Å². The molecule has 3 aromatic rings. The molecular formula is C13H14N6O. The summed E-state index contributed by atoms with van der Waals surface area (Å²) in [4.78, 5) is 19.1. The Kier molecular flexibility index (Phi) is 3.40. The Morgan fingerprint density at radius 2 is 2.35 bits per heavy atom. The summed E-state index contributed by atoms with van der Waals surface area (Å²) in [5, 5.41) is 10.5. The molecule has 0 saturated carbocycles. The Morgan fingerprint density at radius 1 is 1.40 bits per heavy atom. The van der Waals surface area contributed by atoms with Gasteiger partial charge >= 0.3 is 0 Å². The topological polar surface area (TPSA) is 88.5 Å². The Morgan fingerprint density at radius 3 is 3.20 bits per heavy atom. The van der Waals surface area contributed by atoms with Gasteiger partial charge in [-0.2, -0.15) is 0 Å². The molecule has 0 aliphatic heterocycles. The minimum Gasteiger partial charge on any atom is -0.352 e. The zero-order valence-corrected chi connectivity index (χ0v) is 10.8. The third-order valence-corrected chi connectivity index (χ3v) is 3.00. The summed E-state index contributed by atoms with van der Waals surface area (Å²) >= 11 is 0. The maximum absolute atomic E-state index is 12.0. The van der Waals surface area contributed by atoms with Crippen molar-refractivity contribution in [3.8, 4) is 0 Å². The SMILES string of the molecule is O=C(NCCCn1ccnn1)c1ccc2nc[nH]c2c1. The van der Waals surface area contributed by atoms with Crippen molar-refractivity contribution in [1.82, 2.24) is 30.3 Å². The van der Waals surface area contributed by atoms with Gasteiger partial charge < -0.3 is 10.3 Å². The van der Waals surface area contributed by atoms with Gasteiger partial charge in [0, 0.05) is 24.8 Å². The first-order valence-corrected chi connectivity index (χ1v) is 6.38. The van der Waals surface area contributed by atoms with Gasteiger partial charge in [0.05, 0.1) is 23.6 Å². The van der Waals surface area contributed by atoms with Crippen molar-refractivity contribution in [3.63, 3.8) is 0 Å². The van der Waals surface area contributed by atoms with Crippen LogP contribution < -0.4 is 5.32 Å². The van der Waals surface area contributed by atoms with Crippen molar-refractivity contribution < 1.29 is 4.79 Å². The van der Waals surface area contributed by atoms with Crippen molar-refractivity contribution in [1.29, 1.82) is 0 Å². The minimum atomic E-state index is -0.0832. The number of aromatic amines is 1. The number of nitrogens with zero attached hydrogens (tertiary/aromatic N) is 4. The van der Waals surface area contributed by atoms with E-state index in [9.17, 15) is 4.79 Å². The molecule has 1 amide bonds. The van der Waals surface area contributed by atoms with Crippen LogP contribution in [0, 0.1) is 0 Å². The third kappa shape index (κ3) is 2.66. The number of carbonyl (C=O) groups is 1. The fourth-order valence-corrected chi connectivity index (χ4v) is 1.97. The number of carbonyl (C=O) groups excluding carboxylic acids is 1. The molecule has 0 unspecified atom stereocenters. The van der Waals surface area contributed by atoms with Gasteiger partial charge in [0.1, 0.15) is 0 Å². The predicted molar refractivity (Wildman–Crippen MR) is 73.1 cm³/mol. The molecule has 102 valence electrons. The molecule has 0 saturated heterocycles.